The van der Waals surface area contributed by atoms with Crippen LogP contribution in [0.2, 0.25) is 0 Å². The predicted octanol–water partition coefficient (Wildman–Crippen LogP) is 4.29. The highest BCUT2D eigenvalue weighted by molar-refractivity contribution is 6.30. The van der Waals surface area contributed by atoms with Crippen LogP contribution in [0.1, 0.15) is 38.2 Å². The normalized spacial score (nSPS) is 19.5. The summed E-state index contributed by atoms with van der Waals surface area (Å²) in [6.45, 7) is 2.83. The van der Waals surface area contributed by atoms with Crippen LogP contribution < -0.4 is 11.2 Å². The Morgan fingerprint density at radius 1 is 1.28 bits per heavy atom. The lowest BCUT2D eigenvalue weighted by atomic mass is 9.93. The minimum Gasteiger partial charge on any atom is -0.465 e. The number of halogens is 1. The average Bonchev–Trinajstić information content (AvgIpc) is 2.75. The molecule has 0 heterocycles. The smallest absolute Gasteiger partial charge is 0.339 e. The molecule has 0 spiro atoms. The van der Waals surface area contributed by atoms with E-state index in [1.807, 2.05) is 23.2 Å². The topological polar surface area (TPSA) is 67.6 Å². The van der Waals surface area contributed by atoms with E-state index in [2.05, 4.69) is 36.5 Å². The van der Waals surface area contributed by atoms with Crippen molar-refractivity contribution in [2.24, 2.45) is 5.84 Å². The summed E-state index contributed by atoms with van der Waals surface area (Å²) in [7, 11) is 1.38. The Morgan fingerprint density at radius 2 is 2.03 bits per heavy atom. The number of nitrogens with zero attached hydrogens (tertiary/aromatic N) is 1. The van der Waals surface area contributed by atoms with Gasteiger partial charge in [0.1, 0.15) is 0 Å². The van der Waals surface area contributed by atoms with E-state index in [4.69, 9.17) is 22.2 Å². The first kappa shape index (κ1) is 21.4. The molecule has 5 nitrogen and oxygen atoms in total. The highest BCUT2D eigenvalue weighted by atomic mass is 35.5. The molecule has 3 rings (SSSR count). The monoisotopic (exact) mass is 413 g/mol. The summed E-state index contributed by atoms with van der Waals surface area (Å²) in [5.74, 6) is 6.04. The SMILES string of the molecule is CCC1=CC(NC2=C(C(=O)OC)C=C(Cl)CC2)=CCC1N(N)Cc1ccccc1. The van der Waals surface area contributed by atoms with Crippen LogP contribution in [-0.4, -0.2) is 24.1 Å². The zero-order valence-corrected chi connectivity index (χ0v) is 17.7. The number of carbonyl (C=O) groups is 1. The molecule has 3 N–H and O–H groups in total. The van der Waals surface area contributed by atoms with Crippen molar-refractivity contribution in [3.8, 4) is 0 Å². The van der Waals surface area contributed by atoms with Crippen LogP contribution in [-0.2, 0) is 16.1 Å². The number of hydrazine groups is 1. The van der Waals surface area contributed by atoms with Crippen molar-refractivity contribution in [3.63, 3.8) is 0 Å². The van der Waals surface area contributed by atoms with Gasteiger partial charge in [-0.3, -0.25) is 5.84 Å². The molecule has 0 aromatic heterocycles. The second-order valence-electron chi connectivity index (χ2n) is 7.24. The Morgan fingerprint density at radius 3 is 2.72 bits per heavy atom. The summed E-state index contributed by atoms with van der Waals surface area (Å²) >= 11 is 6.13. The fourth-order valence-corrected chi connectivity index (χ4v) is 3.92. The molecule has 0 radical (unpaired) electrons. The van der Waals surface area contributed by atoms with Crippen LogP contribution in [0, 0.1) is 0 Å². The zero-order valence-electron chi connectivity index (χ0n) is 17.0. The van der Waals surface area contributed by atoms with Gasteiger partial charge in [-0.1, -0.05) is 54.9 Å². The Hall–Kier alpha value is -2.34. The summed E-state index contributed by atoms with van der Waals surface area (Å²) in [5, 5.41) is 5.99. The van der Waals surface area contributed by atoms with Crippen molar-refractivity contribution in [2.45, 2.75) is 45.2 Å². The fourth-order valence-electron chi connectivity index (χ4n) is 3.71. The summed E-state index contributed by atoms with van der Waals surface area (Å²) < 4.78 is 4.91. The molecule has 6 heteroatoms. The minimum atomic E-state index is -0.379. The van der Waals surface area contributed by atoms with Crippen molar-refractivity contribution in [3.05, 3.63) is 81.7 Å². The van der Waals surface area contributed by atoms with Gasteiger partial charge in [0.05, 0.1) is 12.7 Å². The largest absolute Gasteiger partial charge is 0.465 e. The second-order valence-corrected chi connectivity index (χ2v) is 7.73. The second kappa shape index (κ2) is 9.92. The van der Waals surface area contributed by atoms with E-state index in [1.54, 1.807) is 6.08 Å². The third-order valence-electron chi connectivity index (χ3n) is 5.29. The van der Waals surface area contributed by atoms with Crippen LogP contribution in [0.3, 0.4) is 0 Å². The predicted molar refractivity (Wildman–Crippen MR) is 116 cm³/mol. The molecule has 0 bridgehead atoms. The molecule has 0 fully saturated rings. The van der Waals surface area contributed by atoms with Gasteiger partial charge in [0.15, 0.2) is 0 Å². The number of benzene rings is 1. The molecule has 1 aromatic rings. The van der Waals surface area contributed by atoms with E-state index in [0.717, 1.165) is 24.2 Å². The quantitative estimate of drug-likeness (QED) is 0.396. The van der Waals surface area contributed by atoms with Crippen LogP contribution in [0.15, 0.2) is 76.1 Å². The first-order valence-corrected chi connectivity index (χ1v) is 10.3. The van der Waals surface area contributed by atoms with Gasteiger partial charge in [0.25, 0.3) is 0 Å². The van der Waals surface area contributed by atoms with E-state index in [9.17, 15) is 4.79 Å². The molecule has 0 amide bonds. The molecule has 0 aliphatic heterocycles. The number of rotatable bonds is 7. The van der Waals surface area contributed by atoms with Crippen LogP contribution in [0.25, 0.3) is 0 Å². The molecule has 29 heavy (non-hydrogen) atoms. The van der Waals surface area contributed by atoms with Gasteiger partial charge in [-0.05, 0) is 49.0 Å². The Kier molecular flexibility index (Phi) is 7.31. The lowest BCUT2D eigenvalue weighted by Crippen LogP contribution is -2.42. The van der Waals surface area contributed by atoms with E-state index in [0.29, 0.717) is 30.0 Å². The molecule has 1 unspecified atom stereocenters. The lowest BCUT2D eigenvalue weighted by Gasteiger charge is -2.32. The van der Waals surface area contributed by atoms with E-state index >= 15 is 0 Å². The molecular weight excluding hydrogens is 386 g/mol. The third-order valence-corrected chi connectivity index (χ3v) is 5.59. The van der Waals surface area contributed by atoms with Crippen molar-refractivity contribution < 1.29 is 9.53 Å². The first-order valence-electron chi connectivity index (χ1n) is 9.92. The van der Waals surface area contributed by atoms with Crippen LogP contribution in [0.5, 0.6) is 0 Å². The number of nitrogens with two attached hydrogens (primary N) is 1. The van der Waals surface area contributed by atoms with Gasteiger partial charge in [-0.25, -0.2) is 9.80 Å². The number of ether oxygens (including phenoxy) is 1. The van der Waals surface area contributed by atoms with Crippen LogP contribution >= 0.6 is 11.6 Å². The molecule has 1 aromatic carbocycles. The van der Waals surface area contributed by atoms with E-state index < -0.39 is 0 Å². The number of carbonyl (C=O) groups excluding carboxylic acids is 1. The van der Waals surface area contributed by atoms with E-state index in [-0.39, 0.29) is 12.0 Å². The summed E-state index contributed by atoms with van der Waals surface area (Å²) in [6.07, 6.45) is 9.06. The number of hydrogen-bond donors (Lipinski definition) is 2. The summed E-state index contributed by atoms with van der Waals surface area (Å²) in [5.41, 5.74) is 4.76. The van der Waals surface area contributed by atoms with Gasteiger partial charge in [-0.2, -0.15) is 0 Å². The molecule has 2 aliphatic carbocycles. The Balaban J connectivity index is 1.74. The third kappa shape index (κ3) is 5.38. The summed E-state index contributed by atoms with van der Waals surface area (Å²) in [4.78, 5) is 12.1. The van der Waals surface area contributed by atoms with Crippen molar-refractivity contribution in [1.82, 2.24) is 10.3 Å². The first-order chi connectivity index (χ1) is 14.0. The standard InChI is InChI=1S/C23H28ClN3O2/c1-3-17-13-19(26-21-11-9-18(24)14-20(21)23(28)29-2)10-12-22(17)27(25)15-16-7-5-4-6-8-16/h4-8,10,13-14,22,26H,3,9,11-12,15,25H2,1-2H3. The molecular formula is C23H28ClN3O2. The number of methoxy groups -OCH3 is 1. The van der Waals surface area contributed by atoms with Gasteiger partial charge in [-0.15, -0.1) is 0 Å². The van der Waals surface area contributed by atoms with Crippen molar-refractivity contribution >= 4 is 17.6 Å². The number of esters is 1. The van der Waals surface area contributed by atoms with Crippen LogP contribution in [0.4, 0.5) is 0 Å². The number of nitrogens with one attached hydrogen (secondary N) is 1. The van der Waals surface area contributed by atoms with Gasteiger partial charge >= 0.3 is 5.97 Å². The molecule has 2 aliphatic rings. The Bertz CT molecular complexity index is 871. The lowest BCUT2D eigenvalue weighted by molar-refractivity contribution is -0.135. The highest BCUT2D eigenvalue weighted by Crippen LogP contribution is 2.29. The van der Waals surface area contributed by atoms with Crippen molar-refractivity contribution in [1.29, 1.82) is 0 Å². The fraction of sp³-hybridized carbons (Fsp3) is 0.348. The van der Waals surface area contributed by atoms with E-state index in [1.165, 1.54) is 18.2 Å². The van der Waals surface area contributed by atoms with Crippen molar-refractivity contribution in [2.75, 3.05) is 7.11 Å². The van der Waals surface area contributed by atoms with Gasteiger partial charge in [0, 0.05) is 29.0 Å². The molecule has 154 valence electrons. The average molecular weight is 414 g/mol. The molecule has 1 atom stereocenters. The number of allylic oxidation sites excluding steroid dienone is 3. The maximum absolute atomic E-state index is 12.1. The molecule has 0 saturated heterocycles. The summed E-state index contributed by atoms with van der Waals surface area (Å²) in [6, 6.07) is 10.4. The molecule has 0 saturated carbocycles. The van der Waals surface area contributed by atoms with Gasteiger partial charge in [0.2, 0.25) is 0 Å². The minimum absolute atomic E-state index is 0.153. The number of hydrogen-bond acceptors (Lipinski definition) is 5. The highest BCUT2D eigenvalue weighted by Gasteiger charge is 2.24. The maximum Gasteiger partial charge on any atom is 0.339 e. The maximum atomic E-state index is 12.1. The Labute approximate surface area is 177 Å². The zero-order chi connectivity index (χ0) is 20.8. The van der Waals surface area contributed by atoms with Gasteiger partial charge < -0.3 is 10.1 Å².